The van der Waals surface area contributed by atoms with E-state index < -0.39 is 0 Å². The van der Waals surface area contributed by atoms with Gasteiger partial charge in [0.15, 0.2) is 0 Å². The zero-order valence-corrected chi connectivity index (χ0v) is 15.1. The van der Waals surface area contributed by atoms with Crippen molar-refractivity contribution in [2.45, 2.75) is 25.4 Å². The number of ether oxygens (including phenoxy) is 1. The van der Waals surface area contributed by atoms with Crippen LogP contribution in [0.25, 0.3) is 6.08 Å². The minimum absolute atomic E-state index is 0.160. The molecule has 5 nitrogen and oxygen atoms in total. The molecule has 3 rings (SSSR count). The fraction of sp³-hybridized carbons (Fsp3) is 0.333. The van der Waals surface area contributed by atoms with Gasteiger partial charge in [-0.1, -0.05) is 24.3 Å². The Kier molecular flexibility index (Phi) is 6.39. The zero-order chi connectivity index (χ0) is 18.2. The van der Waals surface area contributed by atoms with Gasteiger partial charge in [0, 0.05) is 44.5 Å². The number of aromatic nitrogens is 1. The maximum Gasteiger partial charge on any atom is 0.220 e. The van der Waals surface area contributed by atoms with E-state index >= 15 is 0 Å². The van der Waals surface area contributed by atoms with Crippen LogP contribution >= 0.6 is 0 Å². The van der Waals surface area contributed by atoms with Crippen molar-refractivity contribution in [3.8, 4) is 5.75 Å². The van der Waals surface area contributed by atoms with E-state index in [1.807, 2.05) is 48.8 Å². The molecule has 1 N–H and O–H groups in total. The van der Waals surface area contributed by atoms with Gasteiger partial charge in [0.1, 0.15) is 5.75 Å². The normalized spacial score (nSPS) is 17.0. The van der Waals surface area contributed by atoms with Crippen molar-refractivity contribution in [3.05, 3.63) is 66.0 Å². The molecule has 1 saturated heterocycles. The molecule has 26 heavy (non-hydrogen) atoms. The highest BCUT2D eigenvalue weighted by Gasteiger charge is 2.22. The molecule has 136 valence electrons. The summed E-state index contributed by atoms with van der Waals surface area (Å²) in [7, 11) is 1.67. The molecule has 1 fully saturated rings. The molecule has 2 aromatic rings. The van der Waals surface area contributed by atoms with Gasteiger partial charge >= 0.3 is 0 Å². The van der Waals surface area contributed by atoms with Gasteiger partial charge in [0.25, 0.3) is 0 Å². The number of carbonyl (C=O) groups is 1. The Labute approximate surface area is 154 Å². The Morgan fingerprint density at radius 3 is 2.65 bits per heavy atom. The minimum Gasteiger partial charge on any atom is -0.497 e. The third-order valence-electron chi connectivity index (χ3n) is 4.51. The molecular weight excluding hydrogens is 326 g/mol. The average molecular weight is 351 g/mol. The molecule has 1 aromatic carbocycles. The van der Waals surface area contributed by atoms with E-state index in [9.17, 15) is 4.79 Å². The lowest BCUT2D eigenvalue weighted by atomic mass is 10.1. The number of methoxy groups -OCH3 is 1. The molecule has 0 bridgehead atoms. The predicted octanol–water partition coefficient (Wildman–Crippen LogP) is 2.88. The van der Waals surface area contributed by atoms with Crippen molar-refractivity contribution in [2.24, 2.45) is 0 Å². The number of pyridine rings is 1. The average Bonchev–Trinajstić information content (AvgIpc) is 3.08. The molecule has 1 aliphatic heterocycles. The molecule has 2 heterocycles. The maximum atomic E-state index is 11.5. The van der Waals surface area contributed by atoms with Crippen LogP contribution in [0.2, 0.25) is 0 Å². The van der Waals surface area contributed by atoms with Crippen molar-refractivity contribution >= 4 is 12.0 Å². The summed E-state index contributed by atoms with van der Waals surface area (Å²) in [5, 5.41) is 3.06. The van der Waals surface area contributed by atoms with E-state index in [0.717, 1.165) is 37.4 Å². The van der Waals surface area contributed by atoms with E-state index in [2.05, 4.69) is 27.4 Å². The van der Waals surface area contributed by atoms with Crippen LogP contribution in [0.15, 0.2) is 54.9 Å². The Bertz CT molecular complexity index is 729. The van der Waals surface area contributed by atoms with Crippen molar-refractivity contribution in [1.82, 2.24) is 15.2 Å². The topological polar surface area (TPSA) is 54.5 Å². The first-order chi connectivity index (χ1) is 12.7. The summed E-state index contributed by atoms with van der Waals surface area (Å²) in [6.07, 6.45) is 9.46. The summed E-state index contributed by atoms with van der Waals surface area (Å²) in [6.45, 7) is 2.50. The number of amides is 1. The summed E-state index contributed by atoms with van der Waals surface area (Å²) in [5.41, 5.74) is 2.37. The van der Waals surface area contributed by atoms with E-state index in [0.29, 0.717) is 6.42 Å². The van der Waals surface area contributed by atoms with Crippen LogP contribution in [0, 0.1) is 0 Å². The molecule has 1 atom stereocenters. The summed E-state index contributed by atoms with van der Waals surface area (Å²) in [4.78, 5) is 17.9. The fourth-order valence-electron chi connectivity index (χ4n) is 3.13. The van der Waals surface area contributed by atoms with Crippen LogP contribution in [-0.4, -0.2) is 42.0 Å². The SMILES string of the molecule is COc1ccc(C=CCN(Cc2ccncc2)C[C@@H]2CCC(=O)N2)cc1. The van der Waals surface area contributed by atoms with Gasteiger partial charge in [0.05, 0.1) is 7.11 Å². The third-order valence-corrected chi connectivity index (χ3v) is 4.51. The molecule has 5 heteroatoms. The number of nitrogens with one attached hydrogen (secondary N) is 1. The Morgan fingerprint density at radius 2 is 2.00 bits per heavy atom. The molecule has 1 amide bonds. The molecule has 0 aliphatic carbocycles. The summed E-state index contributed by atoms with van der Waals surface area (Å²) in [5.74, 6) is 1.02. The van der Waals surface area contributed by atoms with Gasteiger partial charge in [-0.15, -0.1) is 0 Å². The van der Waals surface area contributed by atoms with Gasteiger partial charge in [0.2, 0.25) is 5.91 Å². The Balaban J connectivity index is 1.61. The third kappa shape index (κ3) is 5.43. The summed E-state index contributed by atoms with van der Waals surface area (Å²) in [6, 6.07) is 12.3. The van der Waals surface area contributed by atoms with E-state index in [4.69, 9.17) is 4.74 Å². The van der Waals surface area contributed by atoms with E-state index in [1.54, 1.807) is 7.11 Å². The fourth-order valence-corrected chi connectivity index (χ4v) is 3.13. The van der Waals surface area contributed by atoms with Gasteiger partial charge in [-0.25, -0.2) is 0 Å². The second-order valence-electron chi connectivity index (χ2n) is 6.53. The van der Waals surface area contributed by atoms with Crippen LogP contribution < -0.4 is 10.1 Å². The predicted molar refractivity (Wildman–Crippen MR) is 103 cm³/mol. The second kappa shape index (κ2) is 9.15. The Morgan fingerprint density at radius 1 is 1.23 bits per heavy atom. The lowest BCUT2D eigenvalue weighted by Crippen LogP contribution is -2.38. The van der Waals surface area contributed by atoms with Gasteiger partial charge < -0.3 is 10.1 Å². The smallest absolute Gasteiger partial charge is 0.220 e. The number of benzene rings is 1. The summed E-state index contributed by atoms with van der Waals surface area (Å²) >= 11 is 0. The van der Waals surface area contributed by atoms with Crippen LogP contribution in [0.5, 0.6) is 5.75 Å². The number of hydrogen-bond acceptors (Lipinski definition) is 4. The first-order valence-electron chi connectivity index (χ1n) is 8.94. The van der Waals surface area contributed by atoms with Crippen molar-refractivity contribution < 1.29 is 9.53 Å². The zero-order valence-electron chi connectivity index (χ0n) is 15.1. The van der Waals surface area contributed by atoms with Gasteiger partial charge in [-0.2, -0.15) is 0 Å². The van der Waals surface area contributed by atoms with Gasteiger partial charge in [-0.05, 0) is 41.8 Å². The largest absolute Gasteiger partial charge is 0.497 e. The number of nitrogens with zero attached hydrogens (tertiary/aromatic N) is 2. The Hall–Kier alpha value is -2.66. The molecular formula is C21H25N3O2. The highest BCUT2D eigenvalue weighted by atomic mass is 16.5. The van der Waals surface area contributed by atoms with Crippen molar-refractivity contribution in [3.63, 3.8) is 0 Å². The highest BCUT2D eigenvalue weighted by Crippen LogP contribution is 2.14. The molecule has 0 radical (unpaired) electrons. The van der Waals surface area contributed by atoms with E-state index in [1.165, 1.54) is 5.56 Å². The number of rotatable bonds is 8. The number of carbonyl (C=O) groups excluding carboxylic acids is 1. The molecule has 0 saturated carbocycles. The molecule has 0 spiro atoms. The van der Waals surface area contributed by atoms with Crippen molar-refractivity contribution in [1.29, 1.82) is 0 Å². The van der Waals surface area contributed by atoms with Crippen LogP contribution in [0.4, 0.5) is 0 Å². The van der Waals surface area contributed by atoms with Crippen molar-refractivity contribution in [2.75, 3.05) is 20.2 Å². The standard InChI is InChI=1S/C21H25N3O2/c1-26-20-7-4-17(5-8-20)3-2-14-24(15-18-10-12-22-13-11-18)16-19-6-9-21(25)23-19/h2-5,7-8,10-13,19H,6,9,14-16H2,1H3,(H,23,25)/t19-/m0/s1. The molecule has 1 aromatic heterocycles. The van der Waals surface area contributed by atoms with E-state index in [-0.39, 0.29) is 11.9 Å². The quantitative estimate of drug-likeness (QED) is 0.795. The highest BCUT2D eigenvalue weighted by molar-refractivity contribution is 5.78. The lowest BCUT2D eigenvalue weighted by molar-refractivity contribution is -0.119. The molecule has 0 unspecified atom stereocenters. The number of hydrogen-bond donors (Lipinski definition) is 1. The van der Waals surface area contributed by atoms with Crippen LogP contribution in [-0.2, 0) is 11.3 Å². The second-order valence-corrected chi connectivity index (χ2v) is 6.53. The summed E-state index contributed by atoms with van der Waals surface area (Å²) < 4.78 is 5.19. The van der Waals surface area contributed by atoms with Crippen LogP contribution in [0.3, 0.4) is 0 Å². The minimum atomic E-state index is 0.160. The maximum absolute atomic E-state index is 11.5. The lowest BCUT2D eigenvalue weighted by Gasteiger charge is -2.24. The van der Waals surface area contributed by atoms with Gasteiger partial charge in [-0.3, -0.25) is 14.7 Å². The first-order valence-corrected chi connectivity index (χ1v) is 8.94. The van der Waals surface area contributed by atoms with Crippen LogP contribution in [0.1, 0.15) is 24.0 Å². The monoisotopic (exact) mass is 351 g/mol. The first kappa shape index (κ1) is 18.1. The molecule has 1 aliphatic rings.